The van der Waals surface area contributed by atoms with E-state index in [1.54, 1.807) is 0 Å². The van der Waals surface area contributed by atoms with Gasteiger partial charge in [-0.15, -0.1) is 0 Å². The molecule has 0 saturated carbocycles. The molecule has 1 aliphatic rings. The average Bonchev–Trinajstić information content (AvgIpc) is 3.10. The fourth-order valence-electron chi connectivity index (χ4n) is 3.99. The Morgan fingerprint density at radius 1 is 1.04 bits per heavy atom. The first-order chi connectivity index (χ1) is 12.4. The monoisotopic (exact) mass is 347 g/mol. The van der Waals surface area contributed by atoms with E-state index in [1.807, 2.05) is 30.0 Å². The molecule has 2 heterocycles. The van der Waals surface area contributed by atoms with Crippen molar-refractivity contribution < 1.29 is 4.79 Å². The van der Waals surface area contributed by atoms with Gasteiger partial charge in [0.1, 0.15) is 0 Å². The number of hydrogen-bond acceptors (Lipinski definition) is 2. The van der Waals surface area contributed by atoms with E-state index in [9.17, 15) is 4.79 Å². The van der Waals surface area contributed by atoms with Gasteiger partial charge in [0, 0.05) is 53.7 Å². The van der Waals surface area contributed by atoms with Crippen LogP contribution in [0.15, 0.2) is 42.5 Å². The Hall–Kier alpha value is -2.75. The molecule has 26 heavy (non-hydrogen) atoms. The molecular formula is C22H25N3O. The third-order valence-electron chi connectivity index (χ3n) is 5.26. The second-order valence-electron chi connectivity index (χ2n) is 7.62. The molecule has 0 aliphatic carbocycles. The van der Waals surface area contributed by atoms with Crippen molar-refractivity contribution in [1.82, 2.24) is 4.57 Å². The lowest BCUT2D eigenvalue weighted by molar-refractivity contribution is 0.0996. The van der Waals surface area contributed by atoms with Crippen LogP contribution in [0.1, 0.15) is 41.5 Å². The van der Waals surface area contributed by atoms with Gasteiger partial charge in [0.05, 0.1) is 6.54 Å². The van der Waals surface area contributed by atoms with Gasteiger partial charge in [-0.1, -0.05) is 6.07 Å². The molecule has 0 fully saturated rings. The second kappa shape index (κ2) is 5.90. The lowest BCUT2D eigenvalue weighted by Crippen LogP contribution is -2.23. The Balaban J connectivity index is 1.73. The van der Waals surface area contributed by atoms with Gasteiger partial charge in [0.25, 0.3) is 5.91 Å². The highest BCUT2D eigenvalue weighted by atomic mass is 16.2. The smallest absolute Gasteiger partial charge is 0.259 e. The van der Waals surface area contributed by atoms with Gasteiger partial charge in [-0.25, -0.2) is 0 Å². The molecule has 0 radical (unpaired) electrons. The van der Waals surface area contributed by atoms with Crippen molar-refractivity contribution in [1.29, 1.82) is 0 Å². The summed E-state index contributed by atoms with van der Waals surface area (Å²) in [4.78, 5) is 16.9. The number of carbonyl (C=O) groups excluding carboxylic acids is 1. The Bertz CT molecular complexity index is 1010. The van der Waals surface area contributed by atoms with Crippen LogP contribution in [-0.4, -0.2) is 24.6 Å². The normalized spacial score (nSPS) is 13.8. The van der Waals surface area contributed by atoms with Crippen LogP contribution in [0, 0.1) is 6.92 Å². The molecule has 0 saturated heterocycles. The van der Waals surface area contributed by atoms with E-state index in [1.165, 1.54) is 16.6 Å². The molecule has 4 rings (SSSR count). The minimum Gasteiger partial charge on any atom is -0.378 e. The summed E-state index contributed by atoms with van der Waals surface area (Å²) in [6, 6.07) is 15.1. The van der Waals surface area contributed by atoms with E-state index in [0.717, 1.165) is 22.5 Å². The highest BCUT2D eigenvalue weighted by molar-refractivity contribution is 6.11. The molecule has 1 aliphatic heterocycles. The quantitative estimate of drug-likeness (QED) is 0.683. The number of amides is 1. The molecule has 3 aromatic rings. The molecule has 0 bridgehead atoms. The molecule has 4 nitrogen and oxygen atoms in total. The summed E-state index contributed by atoms with van der Waals surface area (Å²) < 4.78 is 2.34. The van der Waals surface area contributed by atoms with Gasteiger partial charge in [0.15, 0.2) is 0 Å². The van der Waals surface area contributed by atoms with Crippen LogP contribution in [0.25, 0.3) is 10.9 Å². The van der Waals surface area contributed by atoms with Gasteiger partial charge in [-0.05, 0) is 62.7 Å². The maximum absolute atomic E-state index is 13.0. The number of aryl methyl sites for hydroxylation is 1. The highest BCUT2D eigenvalue weighted by Gasteiger charge is 2.29. The van der Waals surface area contributed by atoms with E-state index in [2.05, 4.69) is 61.7 Å². The first-order valence-electron chi connectivity index (χ1n) is 9.10. The van der Waals surface area contributed by atoms with E-state index in [-0.39, 0.29) is 5.91 Å². The second-order valence-corrected chi connectivity index (χ2v) is 7.62. The Morgan fingerprint density at radius 3 is 2.50 bits per heavy atom. The third-order valence-corrected chi connectivity index (χ3v) is 5.26. The van der Waals surface area contributed by atoms with Crippen LogP contribution >= 0.6 is 0 Å². The molecule has 1 aromatic heterocycles. The maximum atomic E-state index is 13.0. The third kappa shape index (κ3) is 2.48. The topological polar surface area (TPSA) is 28.5 Å². The number of nitrogens with zero attached hydrogens (tertiary/aromatic N) is 3. The highest BCUT2D eigenvalue weighted by Crippen LogP contribution is 2.33. The first-order valence-corrected chi connectivity index (χ1v) is 9.10. The van der Waals surface area contributed by atoms with Crippen LogP contribution < -0.4 is 9.80 Å². The van der Waals surface area contributed by atoms with Crippen molar-refractivity contribution in [2.75, 3.05) is 23.9 Å². The molecule has 134 valence electrons. The molecule has 0 unspecified atom stereocenters. The summed E-state index contributed by atoms with van der Waals surface area (Å²) in [7, 11) is 3.99. The van der Waals surface area contributed by atoms with Crippen LogP contribution in [0.5, 0.6) is 0 Å². The zero-order valence-electron chi connectivity index (χ0n) is 16.1. The van der Waals surface area contributed by atoms with Crippen molar-refractivity contribution in [2.24, 2.45) is 0 Å². The van der Waals surface area contributed by atoms with E-state index in [0.29, 0.717) is 12.6 Å². The van der Waals surface area contributed by atoms with Crippen LogP contribution in [-0.2, 0) is 6.54 Å². The number of hydrogen-bond donors (Lipinski definition) is 0. The van der Waals surface area contributed by atoms with Crippen LogP contribution in [0.2, 0.25) is 0 Å². The number of aromatic nitrogens is 1. The van der Waals surface area contributed by atoms with Crippen LogP contribution in [0.3, 0.4) is 0 Å². The minimum absolute atomic E-state index is 0.0862. The lowest BCUT2D eigenvalue weighted by Gasteiger charge is -2.17. The molecule has 0 N–H and O–H groups in total. The zero-order valence-corrected chi connectivity index (χ0v) is 16.1. The fourth-order valence-corrected chi connectivity index (χ4v) is 3.99. The number of benzene rings is 2. The zero-order chi connectivity index (χ0) is 18.6. The number of anilines is 2. The Morgan fingerprint density at radius 2 is 1.81 bits per heavy atom. The summed E-state index contributed by atoms with van der Waals surface area (Å²) in [6.07, 6.45) is 0. The summed E-state index contributed by atoms with van der Waals surface area (Å²) in [6.45, 7) is 7.17. The van der Waals surface area contributed by atoms with Crippen molar-refractivity contribution in [3.8, 4) is 0 Å². The van der Waals surface area contributed by atoms with Gasteiger partial charge in [0.2, 0.25) is 0 Å². The van der Waals surface area contributed by atoms with Crippen molar-refractivity contribution in [3.05, 3.63) is 59.3 Å². The van der Waals surface area contributed by atoms with Crippen molar-refractivity contribution in [3.63, 3.8) is 0 Å². The molecule has 2 aromatic carbocycles. The SMILES string of the molecule is Cc1cc2cc(N3Cc4ccc(N(C)C)cc4C3=O)ccc2n1C(C)C. The van der Waals surface area contributed by atoms with Gasteiger partial charge in [-0.3, -0.25) is 4.79 Å². The van der Waals surface area contributed by atoms with Crippen molar-refractivity contribution in [2.45, 2.75) is 33.4 Å². The summed E-state index contributed by atoms with van der Waals surface area (Å²) >= 11 is 0. The predicted molar refractivity (Wildman–Crippen MR) is 108 cm³/mol. The summed E-state index contributed by atoms with van der Waals surface area (Å²) in [5, 5.41) is 1.19. The number of rotatable bonds is 3. The standard InChI is InChI=1S/C22H25N3O/c1-14(2)25-15(3)10-17-11-19(8-9-21(17)25)24-13-16-6-7-18(23(4)5)12-20(16)22(24)26/h6-12,14H,13H2,1-5H3. The van der Waals surface area contributed by atoms with Gasteiger partial charge >= 0.3 is 0 Å². The maximum Gasteiger partial charge on any atom is 0.259 e. The molecule has 0 atom stereocenters. The molecular weight excluding hydrogens is 322 g/mol. The fraction of sp³-hybridized carbons (Fsp3) is 0.318. The van der Waals surface area contributed by atoms with Gasteiger partial charge in [-0.2, -0.15) is 0 Å². The Kier molecular flexibility index (Phi) is 3.79. The van der Waals surface area contributed by atoms with Gasteiger partial charge < -0.3 is 14.4 Å². The van der Waals surface area contributed by atoms with E-state index in [4.69, 9.17) is 0 Å². The first kappa shape index (κ1) is 16.7. The summed E-state index contributed by atoms with van der Waals surface area (Å²) in [5.74, 6) is 0.0862. The molecule has 4 heteroatoms. The minimum atomic E-state index is 0.0862. The van der Waals surface area contributed by atoms with E-state index >= 15 is 0 Å². The lowest BCUT2D eigenvalue weighted by atomic mass is 10.1. The number of fused-ring (bicyclic) bond motifs is 2. The predicted octanol–water partition coefficient (Wildman–Crippen LogP) is 4.76. The van der Waals surface area contributed by atoms with E-state index < -0.39 is 0 Å². The Labute approximate surface area is 154 Å². The summed E-state index contributed by atoms with van der Waals surface area (Å²) in [5.41, 5.74) is 6.40. The number of carbonyl (C=O) groups is 1. The van der Waals surface area contributed by atoms with Crippen LogP contribution in [0.4, 0.5) is 11.4 Å². The van der Waals surface area contributed by atoms with Crippen molar-refractivity contribution >= 4 is 28.2 Å². The largest absolute Gasteiger partial charge is 0.378 e. The molecule has 0 spiro atoms. The molecule has 1 amide bonds. The average molecular weight is 347 g/mol.